The first-order valence-electron chi connectivity index (χ1n) is 9.82. The molecule has 2 unspecified atom stereocenters. The summed E-state index contributed by atoms with van der Waals surface area (Å²) in [5.74, 6) is 3.04. The monoisotopic (exact) mass is 436 g/mol. The summed E-state index contributed by atoms with van der Waals surface area (Å²) in [4.78, 5) is 0. The van der Waals surface area contributed by atoms with Gasteiger partial charge in [-0.05, 0) is 69.8 Å². The first-order valence-corrected chi connectivity index (χ1v) is 10.6. The van der Waals surface area contributed by atoms with E-state index < -0.39 is 0 Å². The fraction of sp³-hybridized carbons (Fsp3) is 0.280. The summed E-state index contributed by atoms with van der Waals surface area (Å²) >= 11 is 3.69. The lowest BCUT2D eigenvalue weighted by Crippen LogP contribution is -2.26. The van der Waals surface area contributed by atoms with Gasteiger partial charge in [0.15, 0.2) is 0 Å². The van der Waals surface area contributed by atoms with Crippen molar-refractivity contribution in [2.24, 2.45) is 5.92 Å². The predicted molar refractivity (Wildman–Crippen MR) is 117 cm³/mol. The van der Waals surface area contributed by atoms with Gasteiger partial charge in [0.05, 0.1) is 11.6 Å². The van der Waals surface area contributed by atoms with Crippen molar-refractivity contribution >= 4 is 15.9 Å². The van der Waals surface area contributed by atoms with Crippen LogP contribution in [0.4, 0.5) is 0 Å². The molecule has 1 fully saturated rings. The smallest absolute Gasteiger partial charge is 0.137 e. The van der Waals surface area contributed by atoms with Gasteiger partial charge in [0.1, 0.15) is 18.1 Å². The molecule has 3 heteroatoms. The van der Waals surface area contributed by atoms with Crippen LogP contribution in [0.3, 0.4) is 0 Å². The Kier molecular flexibility index (Phi) is 6.01. The van der Waals surface area contributed by atoms with Crippen molar-refractivity contribution in [1.82, 2.24) is 0 Å². The largest absolute Gasteiger partial charge is 0.496 e. The van der Waals surface area contributed by atoms with Crippen molar-refractivity contribution in [2.75, 3.05) is 7.11 Å². The first kappa shape index (κ1) is 19.1. The van der Waals surface area contributed by atoms with Gasteiger partial charge < -0.3 is 9.47 Å². The van der Waals surface area contributed by atoms with E-state index in [0.29, 0.717) is 18.4 Å². The standard InChI is InChI=1S/C25H25BrO2/c1-27-24-16-25(28-17-18-8-4-2-5-9-18)23(26)15-21(24)14-20-12-13-22(20)19-10-6-3-7-11-19/h2-11,15-16,20,22H,12-14,17H2,1H3. The highest BCUT2D eigenvalue weighted by molar-refractivity contribution is 9.10. The molecule has 2 nitrogen and oxygen atoms in total. The highest BCUT2D eigenvalue weighted by Gasteiger charge is 2.32. The maximum atomic E-state index is 6.03. The molecule has 1 aliphatic rings. The Hall–Kier alpha value is -2.26. The summed E-state index contributed by atoms with van der Waals surface area (Å²) in [5.41, 5.74) is 3.85. The van der Waals surface area contributed by atoms with Crippen LogP contribution in [0.1, 0.15) is 35.4 Å². The Morgan fingerprint density at radius 2 is 1.61 bits per heavy atom. The Labute approximate surface area is 175 Å². The summed E-state index contributed by atoms with van der Waals surface area (Å²) in [6.07, 6.45) is 3.57. The molecule has 0 heterocycles. The molecule has 0 radical (unpaired) electrons. The van der Waals surface area contributed by atoms with Crippen molar-refractivity contribution in [1.29, 1.82) is 0 Å². The fourth-order valence-electron chi connectivity index (χ4n) is 4.01. The van der Waals surface area contributed by atoms with Crippen LogP contribution in [0.25, 0.3) is 0 Å². The normalized spacial score (nSPS) is 18.4. The number of halogens is 1. The molecule has 1 aliphatic carbocycles. The third kappa shape index (κ3) is 4.25. The van der Waals surface area contributed by atoms with Gasteiger partial charge in [-0.1, -0.05) is 60.7 Å². The second-order valence-electron chi connectivity index (χ2n) is 7.43. The molecule has 4 rings (SSSR count). The zero-order chi connectivity index (χ0) is 19.3. The molecule has 3 aromatic carbocycles. The van der Waals surface area contributed by atoms with Gasteiger partial charge in [-0.2, -0.15) is 0 Å². The third-order valence-electron chi connectivity index (χ3n) is 5.70. The van der Waals surface area contributed by atoms with Crippen LogP contribution in [-0.4, -0.2) is 7.11 Å². The number of rotatable bonds is 7. The maximum Gasteiger partial charge on any atom is 0.137 e. The SMILES string of the molecule is COc1cc(OCc2ccccc2)c(Br)cc1CC1CCC1c1ccccc1. The molecule has 0 aromatic heterocycles. The van der Waals surface area contributed by atoms with E-state index in [1.807, 2.05) is 24.3 Å². The average molecular weight is 437 g/mol. The van der Waals surface area contributed by atoms with Gasteiger partial charge in [-0.25, -0.2) is 0 Å². The van der Waals surface area contributed by atoms with E-state index in [2.05, 4.69) is 64.5 Å². The molecule has 0 bridgehead atoms. The second kappa shape index (κ2) is 8.83. The lowest BCUT2D eigenvalue weighted by Gasteiger charge is -2.37. The Balaban J connectivity index is 1.48. The van der Waals surface area contributed by atoms with Crippen LogP contribution in [-0.2, 0) is 13.0 Å². The number of methoxy groups -OCH3 is 1. The van der Waals surface area contributed by atoms with E-state index in [0.717, 1.165) is 28.0 Å². The van der Waals surface area contributed by atoms with Crippen molar-refractivity contribution in [2.45, 2.75) is 31.8 Å². The number of hydrogen-bond donors (Lipinski definition) is 0. The van der Waals surface area contributed by atoms with Crippen LogP contribution in [0, 0.1) is 5.92 Å². The maximum absolute atomic E-state index is 6.03. The highest BCUT2D eigenvalue weighted by Crippen LogP contribution is 2.46. The number of ether oxygens (including phenoxy) is 2. The summed E-state index contributed by atoms with van der Waals surface area (Å²) in [7, 11) is 1.74. The molecule has 0 amide bonds. The van der Waals surface area contributed by atoms with E-state index in [4.69, 9.17) is 9.47 Å². The van der Waals surface area contributed by atoms with Gasteiger partial charge >= 0.3 is 0 Å². The molecule has 0 spiro atoms. The molecule has 0 saturated heterocycles. The highest BCUT2D eigenvalue weighted by atomic mass is 79.9. The minimum absolute atomic E-state index is 0.542. The molecular formula is C25H25BrO2. The number of benzene rings is 3. The second-order valence-corrected chi connectivity index (χ2v) is 8.28. The summed E-state index contributed by atoms with van der Waals surface area (Å²) < 4.78 is 12.7. The minimum atomic E-state index is 0.542. The van der Waals surface area contributed by atoms with Gasteiger partial charge in [0, 0.05) is 6.07 Å². The minimum Gasteiger partial charge on any atom is -0.496 e. The van der Waals surface area contributed by atoms with Gasteiger partial charge in [0.2, 0.25) is 0 Å². The molecule has 144 valence electrons. The van der Waals surface area contributed by atoms with Crippen molar-refractivity contribution in [3.05, 3.63) is 94.0 Å². The first-order chi connectivity index (χ1) is 13.7. The van der Waals surface area contributed by atoms with Crippen molar-refractivity contribution < 1.29 is 9.47 Å². The Morgan fingerprint density at radius 1 is 0.893 bits per heavy atom. The van der Waals surface area contributed by atoms with Crippen LogP contribution in [0.5, 0.6) is 11.5 Å². The van der Waals surface area contributed by atoms with Crippen LogP contribution >= 0.6 is 15.9 Å². The summed E-state index contributed by atoms with van der Waals surface area (Å²) in [6, 6.07) is 25.3. The summed E-state index contributed by atoms with van der Waals surface area (Å²) in [6.45, 7) is 0.542. The van der Waals surface area contributed by atoms with E-state index in [1.165, 1.54) is 24.0 Å². The molecule has 1 saturated carbocycles. The lowest BCUT2D eigenvalue weighted by molar-refractivity contribution is 0.250. The zero-order valence-electron chi connectivity index (χ0n) is 16.1. The van der Waals surface area contributed by atoms with E-state index in [-0.39, 0.29) is 0 Å². The van der Waals surface area contributed by atoms with Crippen molar-refractivity contribution in [3.63, 3.8) is 0 Å². The topological polar surface area (TPSA) is 18.5 Å². The molecule has 28 heavy (non-hydrogen) atoms. The van der Waals surface area contributed by atoms with E-state index >= 15 is 0 Å². The fourth-order valence-corrected chi connectivity index (χ4v) is 4.51. The van der Waals surface area contributed by atoms with Gasteiger partial charge in [0.25, 0.3) is 0 Å². The Morgan fingerprint density at radius 3 is 2.25 bits per heavy atom. The van der Waals surface area contributed by atoms with Crippen molar-refractivity contribution in [3.8, 4) is 11.5 Å². The zero-order valence-corrected chi connectivity index (χ0v) is 17.7. The van der Waals surface area contributed by atoms with Crippen LogP contribution < -0.4 is 9.47 Å². The average Bonchev–Trinajstić information content (AvgIpc) is 2.72. The third-order valence-corrected chi connectivity index (χ3v) is 6.32. The van der Waals surface area contributed by atoms with Crippen LogP contribution in [0.15, 0.2) is 77.3 Å². The number of hydrogen-bond acceptors (Lipinski definition) is 2. The lowest BCUT2D eigenvalue weighted by atomic mass is 9.67. The van der Waals surface area contributed by atoms with Gasteiger partial charge in [-0.3, -0.25) is 0 Å². The molecule has 0 aliphatic heterocycles. The molecular weight excluding hydrogens is 412 g/mol. The van der Waals surface area contributed by atoms with E-state index in [9.17, 15) is 0 Å². The molecule has 3 aromatic rings. The Bertz CT molecular complexity index is 909. The quantitative estimate of drug-likeness (QED) is 0.406. The predicted octanol–water partition coefficient (Wildman–Crippen LogP) is 6.77. The summed E-state index contributed by atoms with van der Waals surface area (Å²) in [5, 5.41) is 0. The molecule has 0 N–H and O–H groups in total. The van der Waals surface area contributed by atoms with Crippen LogP contribution in [0.2, 0.25) is 0 Å². The van der Waals surface area contributed by atoms with E-state index in [1.54, 1.807) is 7.11 Å². The van der Waals surface area contributed by atoms with Gasteiger partial charge in [-0.15, -0.1) is 0 Å². The molecule has 2 atom stereocenters.